The SMILES string of the molecule is CC[C@H](C(=O)NC(C)C)N(Cc1cccc(OC)c1)C(=O)COc1ccccc1C. The van der Waals surface area contributed by atoms with Crippen LogP contribution >= 0.6 is 0 Å². The van der Waals surface area contributed by atoms with Crippen molar-refractivity contribution in [2.24, 2.45) is 0 Å². The van der Waals surface area contributed by atoms with E-state index in [-0.39, 0.29) is 31.0 Å². The molecule has 2 amide bonds. The van der Waals surface area contributed by atoms with E-state index in [1.54, 1.807) is 12.0 Å². The van der Waals surface area contributed by atoms with E-state index >= 15 is 0 Å². The molecule has 0 aliphatic carbocycles. The predicted octanol–water partition coefficient (Wildman–Crippen LogP) is 3.71. The molecule has 6 heteroatoms. The van der Waals surface area contributed by atoms with Gasteiger partial charge in [0.05, 0.1) is 7.11 Å². The molecule has 0 aliphatic heterocycles. The zero-order chi connectivity index (χ0) is 22.1. The third-order valence-corrected chi connectivity index (χ3v) is 4.75. The lowest BCUT2D eigenvalue weighted by atomic mass is 10.1. The molecular weight excluding hydrogens is 380 g/mol. The molecule has 1 atom stereocenters. The van der Waals surface area contributed by atoms with Crippen molar-refractivity contribution in [3.05, 3.63) is 59.7 Å². The number of carbonyl (C=O) groups is 2. The summed E-state index contributed by atoms with van der Waals surface area (Å²) >= 11 is 0. The van der Waals surface area contributed by atoms with Crippen molar-refractivity contribution in [3.63, 3.8) is 0 Å². The summed E-state index contributed by atoms with van der Waals surface area (Å²) in [5.41, 5.74) is 1.84. The van der Waals surface area contributed by atoms with Crippen LogP contribution in [0.1, 0.15) is 38.3 Å². The summed E-state index contributed by atoms with van der Waals surface area (Å²) in [5, 5.41) is 2.92. The summed E-state index contributed by atoms with van der Waals surface area (Å²) in [4.78, 5) is 27.6. The van der Waals surface area contributed by atoms with Gasteiger partial charge in [0.1, 0.15) is 17.5 Å². The number of para-hydroxylation sites is 1. The summed E-state index contributed by atoms with van der Waals surface area (Å²) in [6, 6.07) is 14.4. The van der Waals surface area contributed by atoms with Gasteiger partial charge in [-0.25, -0.2) is 0 Å². The molecule has 0 aromatic heterocycles. The Balaban J connectivity index is 2.24. The average Bonchev–Trinajstić information content (AvgIpc) is 2.72. The Kier molecular flexibility index (Phi) is 8.71. The maximum Gasteiger partial charge on any atom is 0.261 e. The molecule has 0 unspecified atom stereocenters. The third-order valence-electron chi connectivity index (χ3n) is 4.75. The zero-order valence-electron chi connectivity index (χ0n) is 18.5. The highest BCUT2D eigenvalue weighted by atomic mass is 16.5. The van der Waals surface area contributed by atoms with Gasteiger partial charge < -0.3 is 19.7 Å². The number of ether oxygens (including phenoxy) is 2. The van der Waals surface area contributed by atoms with Crippen molar-refractivity contribution in [1.29, 1.82) is 0 Å². The first-order chi connectivity index (χ1) is 14.3. The van der Waals surface area contributed by atoms with Gasteiger partial charge >= 0.3 is 0 Å². The molecule has 0 spiro atoms. The minimum absolute atomic E-state index is 0.0106. The van der Waals surface area contributed by atoms with Crippen molar-refractivity contribution < 1.29 is 19.1 Å². The number of hydrogen-bond donors (Lipinski definition) is 1. The topological polar surface area (TPSA) is 67.9 Å². The van der Waals surface area contributed by atoms with Crippen LogP contribution in [0.4, 0.5) is 0 Å². The number of nitrogens with one attached hydrogen (secondary N) is 1. The van der Waals surface area contributed by atoms with Gasteiger partial charge in [0.2, 0.25) is 5.91 Å². The number of aryl methyl sites for hydroxylation is 1. The van der Waals surface area contributed by atoms with Crippen molar-refractivity contribution in [3.8, 4) is 11.5 Å². The van der Waals surface area contributed by atoms with Gasteiger partial charge in [-0.05, 0) is 56.5 Å². The van der Waals surface area contributed by atoms with Crippen LogP contribution in [0.2, 0.25) is 0 Å². The lowest BCUT2D eigenvalue weighted by Gasteiger charge is -2.31. The molecule has 0 saturated heterocycles. The summed E-state index contributed by atoms with van der Waals surface area (Å²) in [6.07, 6.45) is 0.499. The number of nitrogens with zero attached hydrogens (tertiary/aromatic N) is 1. The molecule has 0 radical (unpaired) electrons. The van der Waals surface area contributed by atoms with E-state index in [1.807, 2.05) is 76.2 Å². The Morgan fingerprint density at radius 2 is 1.83 bits per heavy atom. The van der Waals surface area contributed by atoms with Crippen molar-refractivity contribution >= 4 is 11.8 Å². The maximum atomic E-state index is 13.2. The minimum atomic E-state index is -0.591. The van der Waals surface area contributed by atoms with E-state index in [0.717, 1.165) is 11.1 Å². The fraction of sp³-hybridized carbons (Fsp3) is 0.417. The molecule has 0 bridgehead atoms. The Morgan fingerprint density at radius 1 is 1.10 bits per heavy atom. The smallest absolute Gasteiger partial charge is 0.261 e. The molecule has 2 aromatic carbocycles. The molecule has 0 fully saturated rings. The zero-order valence-corrected chi connectivity index (χ0v) is 18.5. The fourth-order valence-corrected chi connectivity index (χ4v) is 3.21. The summed E-state index contributed by atoms with van der Waals surface area (Å²) in [5.74, 6) is 0.953. The molecule has 30 heavy (non-hydrogen) atoms. The molecular formula is C24H32N2O4. The van der Waals surface area contributed by atoms with Crippen LogP contribution in [0.3, 0.4) is 0 Å². The molecule has 0 saturated carbocycles. The van der Waals surface area contributed by atoms with Crippen molar-refractivity contribution in [2.45, 2.75) is 52.7 Å². The van der Waals surface area contributed by atoms with Crippen molar-refractivity contribution in [1.82, 2.24) is 10.2 Å². The predicted molar refractivity (Wildman–Crippen MR) is 118 cm³/mol. The van der Waals surface area contributed by atoms with Crippen LogP contribution in [0.15, 0.2) is 48.5 Å². The van der Waals surface area contributed by atoms with E-state index in [2.05, 4.69) is 5.32 Å². The maximum absolute atomic E-state index is 13.2. The van der Waals surface area contributed by atoms with E-state index in [4.69, 9.17) is 9.47 Å². The van der Waals surface area contributed by atoms with Crippen molar-refractivity contribution in [2.75, 3.05) is 13.7 Å². The lowest BCUT2D eigenvalue weighted by Crippen LogP contribution is -2.51. The van der Waals surface area contributed by atoms with Crippen LogP contribution in [-0.4, -0.2) is 42.5 Å². The number of amides is 2. The van der Waals surface area contributed by atoms with Gasteiger partial charge in [-0.1, -0.05) is 37.3 Å². The van der Waals surface area contributed by atoms with Gasteiger partial charge in [-0.2, -0.15) is 0 Å². The second-order valence-corrected chi connectivity index (χ2v) is 7.51. The number of hydrogen-bond acceptors (Lipinski definition) is 4. The van der Waals surface area contributed by atoms with Crippen LogP contribution < -0.4 is 14.8 Å². The minimum Gasteiger partial charge on any atom is -0.497 e. The molecule has 2 rings (SSSR count). The monoisotopic (exact) mass is 412 g/mol. The summed E-state index contributed by atoms with van der Waals surface area (Å²) in [6.45, 7) is 7.79. The Morgan fingerprint density at radius 3 is 2.47 bits per heavy atom. The van der Waals surface area contributed by atoms with Crippen LogP contribution in [0.25, 0.3) is 0 Å². The van der Waals surface area contributed by atoms with Gasteiger partial charge in [0.15, 0.2) is 6.61 Å². The normalized spacial score (nSPS) is 11.7. The summed E-state index contributed by atoms with van der Waals surface area (Å²) < 4.78 is 11.1. The second-order valence-electron chi connectivity index (χ2n) is 7.51. The van der Waals surface area contributed by atoms with E-state index in [0.29, 0.717) is 17.9 Å². The molecule has 0 aliphatic rings. The number of rotatable bonds is 10. The fourth-order valence-electron chi connectivity index (χ4n) is 3.21. The highest BCUT2D eigenvalue weighted by molar-refractivity contribution is 5.88. The highest BCUT2D eigenvalue weighted by Gasteiger charge is 2.29. The first-order valence-electron chi connectivity index (χ1n) is 10.3. The van der Waals surface area contributed by atoms with Crippen LogP contribution in [0.5, 0.6) is 11.5 Å². The Hall–Kier alpha value is -3.02. The molecule has 0 heterocycles. The van der Waals surface area contributed by atoms with E-state index in [1.165, 1.54) is 0 Å². The molecule has 2 aromatic rings. The molecule has 6 nitrogen and oxygen atoms in total. The first kappa shape index (κ1) is 23.3. The summed E-state index contributed by atoms with van der Waals surface area (Å²) in [7, 11) is 1.60. The van der Waals surface area contributed by atoms with Gasteiger partial charge in [-0.3, -0.25) is 9.59 Å². The van der Waals surface area contributed by atoms with Crippen LogP contribution in [0, 0.1) is 6.92 Å². The van der Waals surface area contributed by atoms with Crippen LogP contribution in [-0.2, 0) is 16.1 Å². The highest BCUT2D eigenvalue weighted by Crippen LogP contribution is 2.19. The third kappa shape index (κ3) is 6.51. The quantitative estimate of drug-likeness (QED) is 0.646. The molecule has 1 N–H and O–H groups in total. The number of methoxy groups -OCH3 is 1. The molecule has 162 valence electrons. The Labute approximate surface area is 179 Å². The average molecular weight is 413 g/mol. The van der Waals surface area contributed by atoms with Gasteiger partial charge in [0.25, 0.3) is 5.91 Å². The number of benzene rings is 2. The second kappa shape index (κ2) is 11.2. The number of carbonyl (C=O) groups excluding carboxylic acids is 2. The standard InChI is InChI=1S/C24H32N2O4/c1-6-21(24(28)25-17(2)3)26(15-19-11-9-12-20(14-19)29-5)23(27)16-30-22-13-8-7-10-18(22)4/h7-14,17,21H,6,15-16H2,1-5H3,(H,25,28)/t21-/m1/s1. The van der Waals surface area contributed by atoms with E-state index in [9.17, 15) is 9.59 Å². The largest absolute Gasteiger partial charge is 0.497 e. The first-order valence-corrected chi connectivity index (χ1v) is 10.3. The van der Waals surface area contributed by atoms with Gasteiger partial charge in [-0.15, -0.1) is 0 Å². The van der Waals surface area contributed by atoms with Gasteiger partial charge in [0, 0.05) is 12.6 Å². The Bertz CT molecular complexity index is 851. The van der Waals surface area contributed by atoms with E-state index < -0.39 is 6.04 Å². The lowest BCUT2D eigenvalue weighted by molar-refractivity contribution is -0.143.